The van der Waals surface area contributed by atoms with Crippen LogP contribution in [-0.4, -0.2) is 30.9 Å². The first kappa shape index (κ1) is 16.2. The highest BCUT2D eigenvalue weighted by Crippen LogP contribution is 2.21. The van der Waals surface area contributed by atoms with E-state index in [9.17, 15) is 14.4 Å². The quantitative estimate of drug-likeness (QED) is 0.457. The minimum atomic E-state index is -1.33. The maximum Gasteiger partial charge on any atom is 0.375 e. The Kier molecular flexibility index (Phi) is 6.18. The lowest BCUT2D eigenvalue weighted by molar-refractivity contribution is -0.159. The minimum absolute atomic E-state index is 0.0563. The van der Waals surface area contributed by atoms with Crippen molar-refractivity contribution < 1.29 is 23.9 Å². The van der Waals surface area contributed by atoms with Crippen molar-refractivity contribution in [1.29, 1.82) is 0 Å². The molecule has 1 unspecified atom stereocenters. The average molecular weight is 299 g/mol. The van der Waals surface area contributed by atoms with Crippen LogP contribution < -0.4 is 0 Å². The summed E-state index contributed by atoms with van der Waals surface area (Å²) >= 11 is 5.76. The van der Waals surface area contributed by atoms with E-state index >= 15 is 0 Å². The van der Waals surface area contributed by atoms with Gasteiger partial charge in [-0.1, -0.05) is 23.7 Å². The molecule has 5 nitrogen and oxygen atoms in total. The Morgan fingerprint density at radius 2 is 1.60 bits per heavy atom. The van der Waals surface area contributed by atoms with Crippen LogP contribution in [0.1, 0.15) is 25.3 Å². The van der Waals surface area contributed by atoms with E-state index in [1.807, 2.05) is 0 Å². The third kappa shape index (κ3) is 4.06. The second-order valence-corrected chi connectivity index (χ2v) is 4.26. The maximum atomic E-state index is 12.0. The zero-order chi connectivity index (χ0) is 15.1. The van der Waals surface area contributed by atoms with Gasteiger partial charge in [0, 0.05) is 5.02 Å². The Hall–Kier alpha value is -1.88. The van der Waals surface area contributed by atoms with Crippen LogP contribution in [0, 0.1) is 0 Å². The van der Waals surface area contributed by atoms with Crippen LogP contribution in [0.5, 0.6) is 0 Å². The smallest absolute Gasteiger partial charge is 0.375 e. The average Bonchev–Trinajstić information content (AvgIpc) is 2.41. The predicted octanol–water partition coefficient (Wildman–Crippen LogP) is 2.12. The third-order valence-corrected chi connectivity index (χ3v) is 2.72. The summed E-state index contributed by atoms with van der Waals surface area (Å²) < 4.78 is 9.47. The van der Waals surface area contributed by atoms with Crippen LogP contribution in [0.2, 0.25) is 5.02 Å². The summed E-state index contributed by atoms with van der Waals surface area (Å²) in [6.45, 7) is 3.36. The van der Waals surface area contributed by atoms with Gasteiger partial charge in [-0.3, -0.25) is 9.59 Å². The van der Waals surface area contributed by atoms with Gasteiger partial charge in [0.05, 0.1) is 13.2 Å². The molecule has 0 amide bonds. The standard InChI is InChI=1S/C14H15ClO5/c1-3-19-13(17)11(12(16)14(18)20-4-2)9-5-7-10(15)8-6-9/h5-8,11H,3-4H2,1-2H3. The molecule has 0 N–H and O–H groups in total. The van der Waals surface area contributed by atoms with Gasteiger partial charge in [-0.25, -0.2) is 4.79 Å². The molecule has 1 atom stereocenters. The molecule has 1 rings (SSSR count). The van der Waals surface area contributed by atoms with Gasteiger partial charge in [-0.15, -0.1) is 0 Å². The number of ketones is 1. The zero-order valence-electron chi connectivity index (χ0n) is 11.2. The monoisotopic (exact) mass is 298 g/mol. The van der Waals surface area contributed by atoms with Gasteiger partial charge in [0.2, 0.25) is 0 Å². The predicted molar refractivity (Wildman–Crippen MR) is 72.5 cm³/mol. The molecular formula is C14H15ClO5. The number of halogens is 1. The molecule has 0 aromatic heterocycles. The van der Waals surface area contributed by atoms with E-state index in [0.717, 1.165) is 0 Å². The van der Waals surface area contributed by atoms with E-state index in [1.165, 1.54) is 24.3 Å². The van der Waals surface area contributed by atoms with Gasteiger partial charge >= 0.3 is 11.9 Å². The second kappa shape index (κ2) is 7.65. The first-order valence-electron chi connectivity index (χ1n) is 6.14. The van der Waals surface area contributed by atoms with Gasteiger partial charge in [0.15, 0.2) is 5.92 Å². The van der Waals surface area contributed by atoms with Gasteiger partial charge in [-0.2, -0.15) is 0 Å². The van der Waals surface area contributed by atoms with Crippen molar-refractivity contribution in [3.63, 3.8) is 0 Å². The Labute approximate surface area is 121 Å². The lowest BCUT2D eigenvalue weighted by Gasteiger charge is -2.14. The molecule has 20 heavy (non-hydrogen) atoms. The molecular weight excluding hydrogens is 284 g/mol. The summed E-state index contributed by atoms with van der Waals surface area (Å²) in [6, 6.07) is 6.06. The lowest BCUT2D eigenvalue weighted by Crippen LogP contribution is -2.31. The number of hydrogen-bond acceptors (Lipinski definition) is 5. The molecule has 0 aliphatic rings. The molecule has 0 fully saturated rings. The molecule has 0 radical (unpaired) electrons. The largest absolute Gasteiger partial charge is 0.465 e. The highest BCUT2D eigenvalue weighted by Gasteiger charge is 2.35. The van der Waals surface area contributed by atoms with E-state index < -0.39 is 23.6 Å². The van der Waals surface area contributed by atoms with E-state index in [2.05, 4.69) is 4.74 Å². The molecule has 1 aromatic carbocycles. The Morgan fingerprint density at radius 3 is 2.10 bits per heavy atom. The summed E-state index contributed by atoms with van der Waals surface area (Å²) in [7, 11) is 0. The van der Waals surface area contributed by atoms with Gasteiger partial charge < -0.3 is 9.47 Å². The number of benzene rings is 1. The first-order chi connectivity index (χ1) is 9.51. The fourth-order valence-corrected chi connectivity index (χ4v) is 1.72. The van der Waals surface area contributed by atoms with Crippen molar-refractivity contribution in [3.8, 4) is 0 Å². The fraction of sp³-hybridized carbons (Fsp3) is 0.357. The summed E-state index contributed by atoms with van der Waals surface area (Å²) in [4.78, 5) is 35.4. The van der Waals surface area contributed by atoms with Crippen LogP contribution in [0.15, 0.2) is 24.3 Å². The van der Waals surface area contributed by atoms with Gasteiger partial charge in [0.25, 0.3) is 5.78 Å². The summed E-state index contributed by atoms with van der Waals surface area (Å²) in [5, 5.41) is 0.458. The van der Waals surface area contributed by atoms with E-state index in [-0.39, 0.29) is 13.2 Å². The van der Waals surface area contributed by atoms with Crippen molar-refractivity contribution in [2.75, 3.05) is 13.2 Å². The van der Waals surface area contributed by atoms with Crippen LogP contribution >= 0.6 is 11.6 Å². The number of carbonyl (C=O) groups is 3. The Balaban J connectivity index is 3.08. The van der Waals surface area contributed by atoms with E-state index in [1.54, 1.807) is 13.8 Å². The molecule has 108 valence electrons. The molecule has 0 bridgehead atoms. The maximum absolute atomic E-state index is 12.0. The molecule has 0 saturated carbocycles. The van der Waals surface area contributed by atoms with Crippen molar-refractivity contribution in [3.05, 3.63) is 34.9 Å². The van der Waals surface area contributed by atoms with Crippen molar-refractivity contribution >= 4 is 29.3 Å². The highest BCUT2D eigenvalue weighted by molar-refractivity contribution is 6.39. The highest BCUT2D eigenvalue weighted by atomic mass is 35.5. The summed E-state index contributed by atoms with van der Waals surface area (Å²) in [5.74, 6) is -4.12. The zero-order valence-corrected chi connectivity index (χ0v) is 12.0. The third-order valence-electron chi connectivity index (χ3n) is 2.46. The van der Waals surface area contributed by atoms with Crippen LogP contribution in [-0.2, 0) is 23.9 Å². The number of ether oxygens (including phenoxy) is 2. The summed E-state index contributed by atoms with van der Waals surface area (Å²) in [5.41, 5.74) is 0.339. The lowest BCUT2D eigenvalue weighted by atomic mass is 9.94. The molecule has 0 saturated heterocycles. The number of hydrogen-bond donors (Lipinski definition) is 0. The molecule has 0 spiro atoms. The Bertz CT molecular complexity index is 495. The second-order valence-electron chi connectivity index (χ2n) is 3.82. The molecule has 0 aliphatic carbocycles. The number of carbonyl (C=O) groups excluding carboxylic acids is 3. The van der Waals surface area contributed by atoms with Crippen molar-refractivity contribution in [1.82, 2.24) is 0 Å². The number of Topliss-reactive ketones (excluding diaryl/α,β-unsaturated/α-hetero) is 1. The van der Waals surface area contributed by atoms with Crippen molar-refractivity contribution in [2.24, 2.45) is 0 Å². The normalized spacial score (nSPS) is 11.6. The number of esters is 2. The van der Waals surface area contributed by atoms with E-state index in [4.69, 9.17) is 16.3 Å². The van der Waals surface area contributed by atoms with E-state index in [0.29, 0.717) is 10.6 Å². The van der Waals surface area contributed by atoms with Crippen LogP contribution in [0.25, 0.3) is 0 Å². The fourth-order valence-electron chi connectivity index (χ4n) is 1.60. The Morgan fingerprint density at radius 1 is 1.05 bits per heavy atom. The van der Waals surface area contributed by atoms with Crippen molar-refractivity contribution in [2.45, 2.75) is 19.8 Å². The minimum Gasteiger partial charge on any atom is -0.465 e. The number of rotatable bonds is 6. The van der Waals surface area contributed by atoms with Crippen LogP contribution in [0.4, 0.5) is 0 Å². The summed E-state index contributed by atoms with van der Waals surface area (Å²) in [6.07, 6.45) is 0. The molecule has 0 heterocycles. The van der Waals surface area contributed by atoms with Crippen LogP contribution in [0.3, 0.4) is 0 Å². The molecule has 0 aliphatic heterocycles. The topological polar surface area (TPSA) is 69.7 Å². The first-order valence-corrected chi connectivity index (χ1v) is 6.52. The molecule has 6 heteroatoms. The van der Waals surface area contributed by atoms with Gasteiger partial charge in [-0.05, 0) is 31.5 Å². The molecule has 1 aromatic rings. The van der Waals surface area contributed by atoms with Gasteiger partial charge in [0.1, 0.15) is 0 Å². The SMILES string of the molecule is CCOC(=O)C(=O)C(C(=O)OCC)c1ccc(Cl)cc1.